The van der Waals surface area contributed by atoms with Gasteiger partial charge in [0.15, 0.2) is 0 Å². The topological polar surface area (TPSA) is 95.1 Å². The van der Waals surface area contributed by atoms with Gasteiger partial charge in [-0.25, -0.2) is 0 Å². The predicted molar refractivity (Wildman–Crippen MR) is 109 cm³/mol. The average molecular weight is 418 g/mol. The number of benzene rings is 1. The third-order valence-electron chi connectivity index (χ3n) is 4.67. The van der Waals surface area contributed by atoms with Gasteiger partial charge in [0, 0.05) is 24.2 Å². The van der Waals surface area contributed by atoms with Crippen LogP contribution in [0.3, 0.4) is 0 Å². The van der Waals surface area contributed by atoms with E-state index in [0.29, 0.717) is 28.9 Å². The minimum Gasteiger partial charge on any atom is -0.357 e. The van der Waals surface area contributed by atoms with Gasteiger partial charge in [0.2, 0.25) is 11.7 Å². The summed E-state index contributed by atoms with van der Waals surface area (Å²) in [5.41, 5.74) is 1.68. The van der Waals surface area contributed by atoms with Crippen molar-refractivity contribution in [3.8, 4) is 11.4 Å². The maximum atomic E-state index is 12.1. The smallest absolute Gasteiger partial charge is 0.257 e. The van der Waals surface area contributed by atoms with Crippen LogP contribution in [0.2, 0.25) is 0 Å². The second kappa shape index (κ2) is 8.36. The SMILES string of the molecule is N=C(c1ccc(-c2noc(CNC(=O)C3=CCC(Cl)S3)n2)cc1)N1CCCC1. The van der Waals surface area contributed by atoms with Gasteiger partial charge in [0.25, 0.3) is 5.91 Å². The quantitative estimate of drug-likeness (QED) is 0.440. The highest BCUT2D eigenvalue weighted by atomic mass is 35.5. The molecule has 1 unspecified atom stereocenters. The first-order valence-corrected chi connectivity index (χ1v) is 10.5. The van der Waals surface area contributed by atoms with Gasteiger partial charge < -0.3 is 14.7 Å². The van der Waals surface area contributed by atoms with Gasteiger partial charge in [0.05, 0.1) is 16.2 Å². The molecule has 3 heterocycles. The number of rotatable bonds is 5. The zero-order chi connectivity index (χ0) is 19.5. The number of carbonyl (C=O) groups excluding carboxylic acids is 1. The molecule has 2 aliphatic rings. The van der Waals surface area contributed by atoms with E-state index in [1.807, 2.05) is 30.3 Å². The summed E-state index contributed by atoms with van der Waals surface area (Å²) in [4.78, 5) is 19.1. The Kier molecular flexibility index (Phi) is 5.68. The molecule has 1 aromatic carbocycles. The molecule has 2 aromatic rings. The van der Waals surface area contributed by atoms with Crippen LogP contribution in [0.4, 0.5) is 0 Å². The molecule has 2 aliphatic heterocycles. The molecule has 1 amide bonds. The highest BCUT2D eigenvalue weighted by Gasteiger charge is 2.21. The Morgan fingerprint density at radius 3 is 2.75 bits per heavy atom. The van der Waals surface area contributed by atoms with Crippen molar-refractivity contribution in [2.75, 3.05) is 13.1 Å². The Balaban J connectivity index is 1.36. The monoisotopic (exact) mass is 417 g/mol. The second-order valence-corrected chi connectivity index (χ2v) is 8.68. The van der Waals surface area contributed by atoms with Crippen molar-refractivity contribution in [3.63, 3.8) is 0 Å². The van der Waals surface area contributed by atoms with E-state index in [2.05, 4.69) is 20.4 Å². The number of hydrogen-bond donors (Lipinski definition) is 2. The van der Waals surface area contributed by atoms with Crippen LogP contribution in [0.25, 0.3) is 11.4 Å². The molecule has 2 N–H and O–H groups in total. The molecule has 0 spiro atoms. The number of amidine groups is 1. The van der Waals surface area contributed by atoms with E-state index in [1.54, 1.807) is 0 Å². The maximum absolute atomic E-state index is 12.1. The van der Waals surface area contributed by atoms with Gasteiger partial charge in [-0.2, -0.15) is 4.98 Å². The number of alkyl halides is 1. The van der Waals surface area contributed by atoms with Crippen LogP contribution < -0.4 is 5.32 Å². The molecular formula is C19H20ClN5O2S. The fourth-order valence-corrected chi connectivity index (χ4v) is 4.38. The maximum Gasteiger partial charge on any atom is 0.257 e. The molecular weight excluding hydrogens is 398 g/mol. The Morgan fingerprint density at radius 1 is 1.32 bits per heavy atom. The normalized spacial score (nSPS) is 19.0. The summed E-state index contributed by atoms with van der Waals surface area (Å²) in [5, 5.41) is 15.1. The van der Waals surface area contributed by atoms with Crippen LogP contribution in [0, 0.1) is 5.41 Å². The highest BCUT2D eigenvalue weighted by Crippen LogP contribution is 2.34. The van der Waals surface area contributed by atoms with Crippen molar-refractivity contribution in [2.24, 2.45) is 0 Å². The van der Waals surface area contributed by atoms with Gasteiger partial charge in [-0.15, -0.1) is 23.4 Å². The summed E-state index contributed by atoms with van der Waals surface area (Å²) in [6.45, 7) is 2.05. The van der Waals surface area contributed by atoms with Crippen molar-refractivity contribution < 1.29 is 9.32 Å². The van der Waals surface area contributed by atoms with Crippen LogP contribution in [0.15, 0.2) is 39.8 Å². The molecule has 1 saturated heterocycles. The molecule has 0 bridgehead atoms. The number of aromatic nitrogens is 2. The zero-order valence-corrected chi connectivity index (χ0v) is 16.7. The standard InChI is InChI=1S/C19H20ClN5O2S/c20-15-8-7-14(28-15)19(26)22-11-16-23-18(24-27-16)13-5-3-12(4-6-13)17(21)25-9-1-2-10-25/h3-7,15,21H,1-2,8-11H2,(H,22,26). The van der Waals surface area contributed by atoms with Crippen LogP contribution in [-0.2, 0) is 11.3 Å². The number of nitrogens with one attached hydrogen (secondary N) is 2. The van der Waals surface area contributed by atoms with Gasteiger partial charge in [-0.05, 0) is 19.3 Å². The van der Waals surface area contributed by atoms with Crippen LogP contribution >= 0.6 is 23.4 Å². The fraction of sp³-hybridized carbons (Fsp3) is 0.368. The molecule has 7 nitrogen and oxygen atoms in total. The molecule has 4 rings (SSSR count). The van der Waals surface area contributed by atoms with Crippen molar-refractivity contribution in [2.45, 2.75) is 30.5 Å². The lowest BCUT2D eigenvalue weighted by molar-refractivity contribution is -0.117. The summed E-state index contributed by atoms with van der Waals surface area (Å²) < 4.78 is 5.16. The summed E-state index contributed by atoms with van der Waals surface area (Å²) in [6, 6.07) is 7.57. The van der Waals surface area contributed by atoms with Gasteiger partial charge in [-0.3, -0.25) is 10.2 Å². The number of allylic oxidation sites excluding steroid dienone is 1. The van der Waals surface area contributed by atoms with Gasteiger partial charge >= 0.3 is 0 Å². The number of hydrogen-bond acceptors (Lipinski definition) is 6. The van der Waals surface area contributed by atoms with E-state index in [0.717, 1.165) is 37.1 Å². The Hall–Kier alpha value is -2.32. The minimum atomic E-state index is -0.183. The van der Waals surface area contributed by atoms with E-state index in [-0.39, 0.29) is 17.2 Å². The fourth-order valence-electron chi connectivity index (χ4n) is 3.17. The van der Waals surface area contributed by atoms with E-state index in [9.17, 15) is 4.79 Å². The predicted octanol–water partition coefficient (Wildman–Crippen LogP) is 3.36. The Bertz CT molecular complexity index is 905. The Labute approximate surface area is 172 Å². The number of amides is 1. The summed E-state index contributed by atoms with van der Waals surface area (Å²) >= 11 is 7.33. The van der Waals surface area contributed by atoms with Crippen molar-refractivity contribution >= 4 is 35.1 Å². The Morgan fingerprint density at radius 2 is 2.07 bits per heavy atom. The lowest BCUT2D eigenvalue weighted by Gasteiger charge is -2.18. The van der Waals surface area contributed by atoms with Crippen LogP contribution in [-0.4, -0.2) is 44.6 Å². The highest BCUT2D eigenvalue weighted by molar-refractivity contribution is 8.05. The molecule has 0 saturated carbocycles. The molecule has 146 valence electrons. The van der Waals surface area contributed by atoms with E-state index in [1.165, 1.54) is 11.8 Å². The first kappa shape index (κ1) is 19.0. The summed E-state index contributed by atoms with van der Waals surface area (Å²) in [6.07, 6.45) is 4.80. The lowest BCUT2D eigenvalue weighted by atomic mass is 10.1. The van der Waals surface area contributed by atoms with Gasteiger partial charge in [0.1, 0.15) is 5.84 Å². The third-order valence-corrected chi connectivity index (χ3v) is 6.17. The van der Waals surface area contributed by atoms with Crippen molar-refractivity contribution in [1.82, 2.24) is 20.4 Å². The second-order valence-electron chi connectivity index (χ2n) is 6.65. The molecule has 1 aromatic heterocycles. The number of carbonyl (C=O) groups is 1. The summed E-state index contributed by atoms with van der Waals surface area (Å²) in [5.74, 6) is 1.17. The average Bonchev–Trinajstić information content (AvgIpc) is 3.47. The van der Waals surface area contributed by atoms with Crippen molar-refractivity contribution in [3.05, 3.63) is 46.7 Å². The zero-order valence-electron chi connectivity index (χ0n) is 15.2. The number of halogens is 1. The minimum absolute atomic E-state index is 0.0781. The van der Waals surface area contributed by atoms with E-state index >= 15 is 0 Å². The summed E-state index contributed by atoms with van der Waals surface area (Å²) in [7, 11) is 0. The number of nitrogens with zero attached hydrogens (tertiary/aromatic N) is 3. The molecule has 0 aliphatic carbocycles. The molecule has 0 radical (unpaired) electrons. The number of thioether (sulfide) groups is 1. The van der Waals surface area contributed by atoms with Crippen LogP contribution in [0.5, 0.6) is 0 Å². The van der Waals surface area contributed by atoms with Gasteiger partial charge in [-0.1, -0.05) is 35.5 Å². The molecule has 28 heavy (non-hydrogen) atoms. The first-order chi connectivity index (χ1) is 13.6. The third kappa shape index (κ3) is 4.23. The largest absolute Gasteiger partial charge is 0.357 e. The molecule has 9 heteroatoms. The molecule has 1 atom stereocenters. The first-order valence-electron chi connectivity index (χ1n) is 9.16. The van der Waals surface area contributed by atoms with E-state index < -0.39 is 0 Å². The number of likely N-dealkylation sites (tertiary alicyclic amines) is 1. The molecule has 1 fully saturated rings. The lowest BCUT2D eigenvalue weighted by Crippen LogP contribution is -2.27. The van der Waals surface area contributed by atoms with Crippen molar-refractivity contribution in [1.29, 1.82) is 5.41 Å². The van der Waals surface area contributed by atoms with E-state index in [4.69, 9.17) is 21.5 Å². The van der Waals surface area contributed by atoms with Crippen LogP contribution in [0.1, 0.15) is 30.7 Å².